The first-order chi connectivity index (χ1) is 8.44. The van der Waals surface area contributed by atoms with E-state index in [4.69, 9.17) is 5.73 Å². The monoisotopic (exact) mass is 245 g/mol. The van der Waals surface area contributed by atoms with Crippen LogP contribution < -0.4 is 5.73 Å². The van der Waals surface area contributed by atoms with Gasteiger partial charge in [0.05, 0.1) is 18.0 Å². The summed E-state index contributed by atoms with van der Waals surface area (Å²) in [4.78, 5) is 0. The molecule has 0 aliphatic rings. The number of nitrogens with two attached hydrogens (primary N) is 1. The largest absolute Gasteiger partial charge is 0.395 e. The van der Waals surface area contributed by atoms with Gasteiger partial charge in [0.2, 0.25) is 0 Å². The highest BCUT2D eigenvalue weighted by Crippen LogP contribution is 2.24. The molecule has 0 amide bonds. The lowest BCUT2D eigenvalue weighted by molar-refractivity contribution is 0.215. The average Bonchev–Trinajstić information content (AvgIpc) is 2.73. The number of anilines is 1. The number of nitrogen functional groups attached to an aromatic ring is 1. The maximum Gasteiger partial charge on any atom is 0.127 e. The van der Waals surface area contributed by atoms with Gasteiger partial charge >= 0.3 is 0 Å². The highest BCUT2D eigenvalue weighted by molar-refractivity contribution is 5.44. The van der Waals surface area contributed by atoms with E-state index in [0.29, 0.717) is 5.82 Å². The van der Waals surface area contributed by atoms with Gasteiger partial charge in [0.15, 0.2) is 0 Å². The highest BCUT2D eigenvalue weighted by atomic mass is 16.3. The molecule has 0 aliphatic heterocycles. The van der Waals surface area contributed by atoms with E-state index >= 15 is 0 Å². The summed E-state index contributed by atoms with van der Waals surface area (Å²) < 4.78 is 1.70. The molecule has 0 spiro atoms. The zero-order chi connectivity index (χ0) is 13.3. The Morgan fingerprint density at radius 1 is 1.28 bits per heavy atom. The van der Waals surface area contributed by atoms with E-state index < -0.39 is 0 Å². The molecule has 4 nitrogen and oxygen atoms in total. The molecule has 0 radical (unpaired) electrons. The van der Waals surface area contributed by atoms with Gasteiger partial charge in [-0.1, -0.05) is 31.5 Å². The van der Waals surface area contributed by atoms with Crippen molar-refractivity contribution in [1.82, 2.24) is 9.78 Å². The van der Waals surface area contributed by atoms with E-state index in [1.807, 2.05) is 51.1 Å². The standard InChI is InChI=1S/C14H19N3O/c1-10-4-6-11(7-5-10)17-13(15)8-12(16-17)14(2,3)9-18/h4-8,18H,9,15H2,1-3H3. The van der Waals surface area contributed by atoms with Crippen LogP contribution in [0.4, 0.5) is 5.82 Å². The fourth-order valence-electron chi connectivity index (χ4n) is 1.70. The highest BCUT2D eigenvalue weighted by Gasteiger charge is 2.24. The summed E-state index contributed by atoms with van der Waals surface area (Å²) in [6, 6.07) is 9.82. The third-order valence-electron chi connectivity index (χ3n) is 3.10. The molecule has 0 saturated carbocycles. The summed E-state index contributed by atoms with van der Waals surface area (Å²) in [5.41, 5.74) is 8.51. The van der Waals surface area contributed by atoms with Crippen molar-refractivity contribution in [2.75, 3.05) is 12.3 Å². The van der Waals surface area contributed by atoms with Crippen LogP contribution in [0.25, 0.3) is 5.69 Å². The molecule has 3 N–H and O–H groups in total. The predicted octanol–water partition coefficient (Wildman–Crippen LogP) is 2.03. The minimum absolute atomic E-state index is 0.0390. The Kier molecular flexibility index (Phi) is 3.13. The van der Waals surface area contributed by atoms with E-state index in [1.165, 1.54) is 5.56 Å². The maximum absolute atomic E-state index is 9.36. The lowest BCUT2D eigenvalue weighted by Gasteiger charge is -2.18. The summed E-state index contributed by atoms with van der Waals surface area (Å²) in [6.45, 7) is 5.95. The number of aromatic nitrogens is 2. The molecule has 0 saturated heterocycles. The second kappa shape index (κ2) is 4.46. The molecule has 1 heterocycles. The molecule has 0 unspecified atom stereocenters. The Balaban J connectivity index is 2.44. The Morgan fingerprint density at radius 3 is 2.44 bits per heavy atom. The van der Waals surface area contributed by atoms with Gasteiger partial charge in [0.1, 0.15) is 5.82 Å². The smallest absolute Gasteiger partial charge is 0.127 e. The number of aryl methyl sites for hydroxylation is 1. The first-order valence-electron chi connectivity index (χ1n) is 5.98. The zero-order valence-corrected chi connectivity index (χ0v) is 11.0. The summed E-state index contributed by atoms with van der Waals surface area (Å²) >= 11 is 0. The van der Waals surface area contributed by atoms with Crippen molar-refractivity contribution in [2.24, 2.45) is 0 Å². The van der Waals surface area contributed by atoms with Crippen molar-refractivity contribution in [2.45, 2.75) is 26.2 Å². The van der Waals surface area contributed by atoms with Crippen LogP contribution in [0.5, 0.6) is 0 Å². The molecule has 2 aromatic rings. The van der Waals surface area contributed by atoms with Crippen LogP contribution in [0.1, 0.15) is 25.1 Å². The lowest BCUT2D eigenvalue weighted by Crippen LogP contribution is -2.22. The Labute approximate surface area is 107 Å². The van der Waals surface area contributed by atoms with Crippen LogP contribution in [-0.2, 0) is 5.41 Å². The molecular weight excluding hydrogens is 226 g/mol. The third kappa shape index (κ3) is 2.24. The van der Waals surface area contributed by atoms with Crippen molar-refractivity contribution in [3.63, 3.8) is 0 Å². The zero-order valence-electron chi connectivity index (χ0n) is 11.0. The molecule has 0 aliphatic carbocycles. The quantitative estimate of drug-likeness (QED) is 0.869. The number of rotatable bonds is 3. The van der Waals surface area contributed by atoms with Crippen LogP contribution in [0.15, 0.2) is 30.3 Å². The van der Waals surface area contributed by atoms with Crippen molar-refractivity contribution >= 4 is 5.82 Å². The third-order valence-corrected chi connectivity index (χ3v) is 3.10. The molecule has 18 heavy (non-hydrogen) atoms. The Bertz CT molecular complexity index is 541. The topological polar surface area (TPSA) is 64.1 Å². The number of aliphatic hydroxyl groups is 1. The van der Waals surface area contributed by atoms with Crippen molar-refractivity contribution in [3.8, 4) is 5.69 Å². The summed E-state index contributed by atoms with van der Waals surface area (Å²) in [5, 5.41) is 13.8. The van der Waals surface area contributed by atoms with Gasteiger partial charge in [-0.05, 0) is 19.1 Å². The van der Waals surface area contributed by atoms with Gasteiger partial charge < -0.3 is 10.8 Å². The van der Waals surface area contributed by atoms with E-state index in [2.05, 4.69) is 5.10 Å². The predicted molar refractivity (Wildman–Crippen MR) is 72.8 cm³/mol. The maximum atomic E-state index is 9.36. The Morgan fingerprint density at radius 2 is 1.89 bits per heavy atom. The molecular formula is C14H19N3O. The molecule has 0 bridgehead atoms. The first-order valence-corrected chi connectivity index (χ1v) is 5.98. The SMILES string of the molecule is Cc1ccc(-n2nc(C(C)(C)CO)cc2N)cc1. The van der Waals surface area contributed by atoms with Crippen molar-refractivity contribution in [1.29, 1.82) is 0 Å². The summed E-state index contributed by atoms with van der Waals surface area (Å²) in [5.74, 6) is 0.579. The summed E-state index contributed by atoms with van der Waals surface area (Å²) in [6.07, 6.45) is 0. The second-order valence-corrected chi connectivity index (χ2v) is 5.24. The fraction of sp³-hybridized carbons (Fsp3) is 0.357. The van der Waals surface area contributed by atoms with Gasteiger partial charge in [-0.2, -0.15) is 5.10 Å². The molecule has 4 heteroatoms. The molecule has 96 valence electrons. The molecule has 1 aromatic heterocycles. The molecule has 0 atom stereocenters. The van der Waals surface area contributed by atoms with E-state index in [9.17, 15) is 5.11 Å². The Hall–Kier alpha value is -1.81. The van der Waals surface area contributed by atoms with Crippen LogP contribution >= 0.6 is 0 Å². The van der Waals surface area contributed by atoms with Crippen LogP contribution in [0.2, 0.25) is 0 Å². The van der Waals surface area contributed by atoms with Gasteiger partial charge in [0, 0.05) is 11.5 Å². The van der Waals surface area contributed by atoms with Gasteiger partial charge in [-0.3, -0.25) is 0 Å². The molecule has 2 rings (SSSR count). The average molecular weight is 245 g/mol. The van der Waals surface area contributed by atoms with E-state index in [1.54, 1.807) is 4.68 Å². The van der Waals surface area contributed by atoms with Gasteiger partial charge in [-0.25, -0.2) is 4.68 Å². The van der Waals surface area contributed by atoms with Crippen molar-refractivity contribution < 1.29 is 5.11 Å². The number of benzene rings is 1. The number of nitrogens with zero attached hydrogens (tertiary/aromatic N) is 2. The number of hydrogen-bond acceptors (Lipinski definition) is 3. The van der Waals surface area contributed by atoms with Gasteiger partial charge in [0.25, 0.3) is 0 Å². The number of aliphatic hydroxyl groups excluding tert-OH is 1. The first kappa shape index (κ1) is 12.6. The van der Waals surface area contributed by atoms with Crippen molar-refractivity contribution in [3.05, 3.63) is 41.6 Å². The summed E-state index contributed by atoms with van der Waals surface area (Å²) in [7, 11) is 0. The fourth-order valence-corrected chi connectivity index (χ4v) is 1.70. The van der Waals surface area contributed by atoms with Crippen LogP contribution in [-0.4, -0.2) is 21.5 Å². The molecule has 0 fully saturated rings. The van der Waals surface area contributed by atoms with E-state index in [-0.39, 0.29) is 12.0 Å². The normalized spacial score (nSPS) is 11.8. The minimum Gasteiger partial charge on any atom is -0.395 e. The van der Waals surface area contributed by atoms with Crippen LogP contribution in [0.3, 0.4) is 0 Å². The number of hydrogen-bond donors (Lipinski definition) is 2. The second-order valence-electron chi connectivity index (χ2n) is 5.24. The van der Waals surface area contributed by atoms with E-state index in [0.717, 1.165) is 11.4 Å². The molecule has 1 aromatic carbocycles. The van der Waals surface area contributed by atoms with Gasteiger partial charge in [-0.15, -0.1) is 0 Å². The van der Waals surface area contributed by atoms with Crippen LogP contribution in [0, 0.1) is 6.92 Å². The minimum atomic E-state index is -0.385. The lowest BCUT2D eigenvalue weighted by atomic mass is 9.91.